The first-order valence-electron chi connectivity index (χ1n) is 4.72. The fourth-order valence-corrected chi connectivity index (χ4v) is 1.72. The van der Waals surface area contributed by atoms with E-state index in [9.17, 15) is 9.18 Å². The molecule has 0 bridgehead atoms. The number of carbonyl (C=O) groups excluding carboxylic acids is 1. The molecule has 1 aromatic rings. The summed E-state index contributed by atoms with van der Waals surface area (Å²) in [5.41, 5.74) is 7.88. The van der Waals surface area contributed by atoms with Gasteiger partial charge in [0.25, 0.3) is 0 Å². The average Bonchev–Trinajstić information content (AvgIpc) is 2.22. The number of hydrogen-bond donors (Lipinski definition) is 2. The molecule has 0 aliphatic carbocycles. The largest absolute Gasteiger partial charge is 0.368 e. The zero-order valence-electron chi connectivity index (χ0n) is 8.97. The minimum atomic E-state index is -0.613. The summed E-state index contributed by atoms with van der Waals surface area (Å²) in [5.74, 6) is -1.19. The Morgan fingerprint density at radius 3 is 2.76 bits per heavy atom. The van der Waals surface area contributed by atoms with E-state index < -0.39 is 17.8 Å². The lowest BCUT2D eigenvalue weighted by atomic mass is 10.1. The molecule has 0 saturated carbocycles. The van der Waals surface area contributed by atoms with Gasteiger partial charge in [-0.25, -0.2) is 4.39 Å². The summed E-state index contributed by atoms with van der Waals surface area (Å²) in [6.07, 6.45) is 0. The van der Waals surface area contributed by atoms with Gasteiger partial charge in [0.05, 0.1) is 11.1 Å². The Hall–Kier alpha value is -0.880. The van der Waals surface area contributed by atoms with Crippen LogP contribution < -0.4 is 11.2 Å². The summed E-state index contributed by atoms with van der Waals surface area (Å²) in [6.45, 7) is 1.41. The number of hydrogen-bond acceptors (Lipinski definition) is 3. The molecule has 0 saturated heterocycles. The van der Waals surface area contributed by atoms with Crippen molar-refractivity contribution in [3.05, 3.63) is 33.6 Å². The number of amides is 1. The smallest absolute Gasteiger partial charge is 0.245 e. The zero-order valence-corrected chi connectivity index (χ0v) is 10.5. The Labute approximate surface area is 108 Å². The third-order valence-corrected chi connectivity index (χ3v) is 2.60. The van der Waals surface area contributed by atoms with Crippen LogP contribution in [0.3, 0.4) is 0 Å². The summed E-state index contributed by atoms with van der Waals surface area (Å²) in [4.78, 5) is 15.2. The van der Waals surface area contributed by atoms with Crippen LogP contribution in [-0.2, 0) is 9.63 Å². The van der Waals surface area contributed by atoms with E-state index in [2.05, 4.69) is 5.48 Å². The van der Waals surface area contributed by atoms with Gasteiger partial charge in [0, 0.05) is 5.02 Å². The average molecular weight is 281 g/mol. The fourth-order valence-electron chi connectivity index (χ4n) is 1.17. The molecule has 1 amide bonds. The number of nitrogens with one attached hydrogen (secondary N) is 1. The first kappa shape index (κ1) is 14.2. The molecule has 0 spiro atoms. The molecule has 17 heavy (non-hydrogen) atoms. The molecule has 0 fully saturated rings. The Balaban J connectivity index is 2.71. The van der Waals surface area contributed by atoms with E-state index in [0.717, 1.165) is 0 Å². The van der Waals surface area contributed by atoms with Crippen molar-refractivity contribution in [2.45, 2.75) is 13.0 Å². The van der Waals surface area contributed by atoms with Gasteiger partial charge in [-0.1, -0.05) is 23.2 Å². The van der Waals surface area contributed by atoms with E-state index in [0.29, 0.717) is 10.6 Å². The number of halogens is 3. The molecule has 4 nitrogen and oxygen atoms in total. The van der Waals surface area contributed by atoms with Crippen molar-refractivity contribution in [3.63, 3.8) is 0 Å². The highest BCUT2D eigenvalue weighted by atomic mass is 35.5. The number of rotatable bonds is 5. The lowest BCUT2D eigenvalue weighted by Crippen LogP contribution is -2.26. The monoisotopic (exact) mass is 280 g/mol. The van der Waals surface area contributed by atoms with E-state index in [1.807, 2.05) is 0 Å². The Morgan fingerprint density at radius 2 is 2.18 bits per heavy atom. The Kier molecular flexibility index (Phi) is 5.14. The first-order chi connectivity index (χ1) is 7.91. The van der Waals surface area contributed by atoms with Crippen molar-refractivity contribution < 1.29 is 14.0 Å². The normalized spacial score (nSPS) is 12.5. The van der Waals surface area contributed by atoms with E-state index in [1.165, 1.54) is 12.1 Å². The van der Waals surface area contributed by atoms with Crippen molar-refractivity contribution in [1.82, 2.24) is 5.48 Å². The minimum absolute atomic E-state index is 0.0518. The van der Waals surface area contributed by atoms with Crippen LogP contribution in [0.5, 0.6) is 0 Å². The predicted molar refractivity (Wildman–Crippen MR) is 63.1 cm³/mol. The maximum Gasteiger partial charge on any atom is 0.245 e. The van der Waals surface area contributed by atoms with E-state index >= 15 is 0 Å². The molecular formula is C10H11Cl2FN2O2. The second kappa shape index (κ2) is 6.16. The van der Waals surface area contributed by atoms with Gasteiger partial charge in [-0.2, -0.15) is 5.48 Å². The second-order valence-electron chi connectivity index (χ2n) is 3.38. The van der Waals surface area contributed by atoms with Crippen molar-refractivity contribution in [2.75, 3.05) is 6.61 Å². The highest BCUT2D eigenvalue weighted by Gasteiger charge is 2.13. The van der Waals surface area contributed by atoms with Gasteiger partial charge in [0.2, 0.25) is 5.91 Å². The molecule has 1 aromatic carbocycles. The molecule has 0 aromatic heterocycles. The molecule has 0 radical (unpaired) electrons. The molecule has 1 unspecified atom stereocenters. The molecule has 7 heteroatoms. The predicted octanol–water partition coefficient (Wildman–Crippen LogP) is 2.20. The zero-order chi connectivity index (χ0) is 13.0. The van der Waals surface area contributed by atoms with Gasteiger partial charge < -0.3 is 5.73 Å². The van der Waals surface area contributed by atoms with Crippen LogP contribution in [0.4, 0.5) is 4.39 Å². The molecule has 0 aliphatic heterocycles. The summed E-state index contributed by atoms with van der Waals surface area (Å²) < 4.78 is 13.2. The summed E-state index contributed by atoms with van der Waals surface area (Å²) in [6, 6.07) is 2.10. The Bertz CT molecular complexity index is 429. The molecule has 1 rings (SSSR count). The number of benzene rings is 1. The van der Waals surface area contributed by atoms with Gasteiger partial charge in [0.1, 0.15) is 12.4 Å². The van der Waals surface area contributed by atoms with Gasteiger partial charge in [-0.3, -0.25) is 9.63 Å². The minimum Gasteiger partial charge on any atom is -0.368 e. The van der Waals surface area contributed by atoms with Crippen LogP contribution in [-0.4, -0.2) is 12.5 Å². The van der Waals surface area contributed by atoms with E-state index in [-0.39, 0.29) is 11.6 Å². The fraction of sp³-hybridized carbons (Fsp3) is 0.300. The summed E-state index contributed by atoms with van der Waals surface area (Å²) in [7, 11) is 0. The quantitative estimate of drug-likeness (QED) is 0.642. The van der Waals surface area contributed by atoms with Crippen LogP contribution in [0, 0.1) is 5.82 Å². The first-order valence-corrected chi connectivity index (χ1v) is 5.47. The second-order valence-corrected chi connectivity index (χ2v) is 4.20. The lowest BCUT2D eigenvalue weighted by molar-refractivity contribution is -0.126. The van der Waals surface area contributed by atoms with Gasteiger partial charge in [-0.15, -0.1) is 0 Å². The SMILES string of the molecule is CC(NOCC(N)=O)c1cc(F)c(Cl)cc1Cl. The van der Waals surface area contributed by atoms with Gasteiger partial charge >= 0.3 is 0 Å². The third kappa shape index (κ3) is 4.12. The van der Waals surface area contributed by atoms with Gasteiger partial charge in [0.15, 0.2) is 0 Å². The van der Waals surface area contributed by atoms with Crippen LogP contribution >= 0.6 is 23.2 Å². The Morgan fingerprint density at radius 1 is 1.53 bits per heavy atom. The highest BCUT2D eigenvalue weighted by molar-refractivity contribution is 6.35. The number of carbonyl (C=O) groups is 1. The van der Waals surface area contributed by atoms with Gasteiger partial charge in [-0.05, 0) is 24.6 Å². The van der Waals surface area contributed by atoms with Crippen molar-refractivity contribution in [2.24, 2.45) is 5.73 Å². The molecule has 1 atom stereocenters. The van der Waals surface area contributed by atoms with Crippen LogP contribution in [0.25, 0.3) is 0 Å². The lowest BCUT2D eigenvalue weighted by Gasteiger charge is -2.15. The maximum absolute atomic E-state index is 13.2. The molecule has 3 N–H and O–H groups in total. The highest BCUT2D eigenvalue weighted by Crippen LogP contribution is 2.28. The van der Waals surface area contributed by atoms with Crippen molar-refractivity contribution >= 4 is 29.1 Å². The molecule has 0 heterocycles. The topological polar surface area (TPSA) is 64.3 Å². The van der Waals surface area contributed by atoms with Crippen molar-refractivity contribution in [3.8, 4) is 0 Å². The van der Waals surface area contributed by atoms with Crippen molar-refractivity contribution in [1.29, 1.82) is 0 Å². The third-order valence-electron chi connectivity index (χ3n) is 1.98. The van der Waals surface area contributed by atoms with Crippen LogP contribution in [0.2, 0.25) is 10.0 Å². The maximum atomic E-state index is 13.2. The standard InChI is InChI=1S/C10H11Cl2FN2O2/c1-5(15-17-4-10(14)16)6-2-9(13)8(12)3-7(6)11/h2-3,5,15H,4H2,1H3,(H2,14,16). The number of hydroxylamine groups is 1. The van der Waals surface area contributed by atoms with Crippen LogP contribution in [0.15, 0.2) is 12.1 Å². The molecule has 94 valence electrons. The van der Waals surface area contributed by atoms with Crippen LogP contribution in [0.1, 0.15) is 18.5 Å². The summed E-state index contributed by atoms with van der Waals surface area (Å²) in [5, 5.41) is 0.253. The number of nitrogens with two attached hydrogens (primary N) is 1. The van der Waals surface area contributed by atoms with E-state index in [4.69, 9.17) is 33.8 Å². The molecule has 0 aliphatic rings. The number of primary amides is 1. The molecular weight excluding hydrogens is 270 g/mol. The van der Waals surface area contributed by atoms with E-state index in [1.54, 1.807) is 6.92 Å². The summed E-state index contributed by atoms with van der Waals surface area (Å²) >= 11 is 11.5.